The molecule has 108 valence electrons. The Kier molecular flexibility index (Phi) is 6.32. The minimum Gasteiger partial charge on any atom is -0.264 e. The third-order valence-corrected chi connectivity index (χ3v) is 3.50. The highest BCUT2D eigenvalue weighted by Crippen LogP contribution is 2.37. The molecule has 0 aliphatic carbocycles. The molecule has 0 saturated heterocycles. The van der Waals surface area contributed by atoms with Crippen LogP contribution in [0.4, 0.5) is 13.2 Å². The van der Waals surface area contributed by atoms with Gasteiger partial charge >= 0.3 is 6.18 Å². The molecule has 0 saturated carbocycles. The number of rotatable bonds is 7. The summed E-state index contributed by atoms with van der Waals surface area (Å²) in [5.74, 6) is -0.0396. The molecule has 0 aromatic carbocycles. The van der Waals surface area contributed by atoms with E-state index in [1.807, 2.05) is 6.92 Å². The number of halogens is 3. The number of hydrogen-bond acceptors (Lipinski definition) is 1. The van der Waals surface area contributed by atoms with Crippen LogP contribution in [0.2, 0.25) is 0 Å². The van der Waals surface area contributed by atoms with E-state index in [-0.39, 0.29) is 5.92 Å². The monoisotopic (exact) mass is 273 g/mol. The largest absolute Gasteiger partial charge is 0.416 e. The van der Waals surface area contributed by atoms with Crippen molar-refractivity contribution in [2.75, 3.05) is 0 Å². The second kappa shape index (κ2) is 7.51. The predicted molar refractivity (Wildman–Crippen MR) is 71.0 cm³/mol. The molecule has 19 heavy (non-hydrogen) atoms. The van der Waals surface area contributed by atoms with E-state index in [0.29, 0.717) is 5.56 Å². The minimum absolute atomic E-state index is 0.0396. The summed E-state index contributed by atoms with van der Waals surface area (Å²) in [5, 5.41) is 0. The number of aromatic nitrogens is 1. The lowest BCUT2D eigenvalue weighted by atomic mass is 9.89. The van der Waals surface area contributed by atoms with Crippen molar-refractivity contribution in [3.05, 3.63) is 29.6 Å². The van der Waals surface area contributed by atoms with Gasteiger partial charge in [0, 0.05) is 12.4 Å². The van der Waals surface area contributed by atoms with E-state index < -0.39 is 11.7 Å². The Morgan fingerprint density at radius 3 is 2.47 bits per heavy atom. The lowest BCUT2D eigenvalue weighted by Gasteiger charge is -2.20. The molecule has 1 aromatic heterocycles. The molecule has 0 fully saturated rings. The van der Waals surface area contributed by atoms with E-state index in [2.05, 4.69) is 11.9 Å². The van der Waals surface area contributed by atoms with Crippen LogP contribution in [0.1, 0.15) is 69.4 Å². The van der Waals surface area contributed by atoms with Crippen LogP contribution in [-0.2, 0) is 6.18 Å². The summed E-state index contributed by atoms with van der Waals surface area (Å²) in [7, 11) is 0. The molecule has 0 radical (unpaired) electrons. The zero-order valence-electron chi connectivity index (χ0n) is 11.6. The van der Waals surface area contributed by atoms with Gasteiger partial charge in [-0.25, -0.2) is 0 Å². The summed E-state index contributed by atoms with van der Waals surface area (Å²) >= 11 is 0. The van der Waals surface area contributed by atoms with E-state index in [4.69, 9.17) is 0 Å². The molecule has 0 aliphatic heterocycles. The second-order valence-electron chi connectivity index (χ2n) is 4.92. The quantitative estimate of drug-likeness (QED) is 0.592. The fraction of sp³-hybridized carbons (Fsp3) is 0.667. The first kappa shape index (κ1) is 16.0. The summed E-state index contributed by atoms with van der Waals surface area (Å²) < 4.78 is 38.9. The van der Waals surface area contributed by atoms with Crippen molar-refractivity contribution >= 4 is 0 Å². The van der Waals surface area contributed by atoms with Crippen molar-refractivity contribution in [2.24, 2.45) is 0 Å². The Balaban J connectivity index is 2.80. The molecule has 1 rings (SSSR count). The van der Waals surface area contributed by atoms with Gasteiger partial charge in [-0.1, -0.05) is 39.5 Å². The van der Waals surface area contributed by atoms with Gasteiger partial charge in [-0.3, -0.25) is 4.98 Å². The Hall–Kier alpha value is -1.06. The van der Waals surface area contributed by atoms with Gasteiger partial charge in [0.25, 0.3) is 0 Å². The van der Waals surface area contributed by atoms with Crippen LogP contribution in [-0.4, -0.2) is 4.98 Å². The van der Waals surface area contributed by atoms with Gasteiger partial charge in [0.1, 0.15) is 0 Å². The summed E-state index contributed by atoms with van der Waals surface area (Å²) in [4.78, 5) is 3.87. The van der Waals surface area contributed by atoms with Gasteiger partial charge in [-0.2, -0.15) is 13.2 Å². The molecule has 0 bridgehead atoms. The molecule has 0 N–H and O–H groups in total. The molecular formula is C15H22F3N. The molecule has 0 aliphatic rings. The van der Waals surface area contributed by atoms with Crippen molar-refractivity contribution in [1.82, 2.24) is 4.98 Å². The normalized spacial score (nSPS) is 13.5. The van der Waals surface area contributed by atoms with Crippen LogP contribution < -0.4 is 0 Å². The Bertz CT molecular complexity index is 374. The topological polar surface area (TPSA) is 12.9 Å². The smallest absolute Gasteiger partial charge is 0.264 e. The second-order valence-corrected chi connectivity index (χ2v) is 4.92. The first-order valence-corrected chi connectivity index (χ1v) is 7.01. The summed E-state index contributed by atoms with van der Waals surface area (Å²) in [6.45, 7) is 4.07. The van der Waals surface area contributed by atoms with Crippen LogP contribution in [0.5, 0.6) is 0 Å². The lowest BCUT2D eigenvalue weighted by molar-refractivity contribution is -0.138. The molecule has 1 aromatic rings. The summed E-state index contributed by atoms with van der Waals surface area (Å²) in [6, 6.07) is 1.09. The molecule has 0 spiro atoms. The first-order valence-electron chi connectivity index (χ1n) is 7.01. The van der Waals surface area contributed by atoms with Crippen molar-refractivity contribution in [1.29, 1.82) is 0 Å². The SMILES string of the molecule is CCCCCCC(CC)c1cnccc1C(F)(F)F. The number of pyridine rings is 1. The fourth-order valence-electron chi connectivity index (χ4n) is 2.39. The third-order valence-electron chi connectivity index (χ3n) is 3.50. The molecule has 1 nitrogen and oxygen atoms in total. The Morgan fingerprint density at radius 2 is 1.89 bits per heavy atom. The maximum atomic E-state index is 13.0. The standard InChI is InChI=1S/C15H22F3N/c1-3-5-6-7-8-12(4-2)13-11-19-10-9-14(13)15(16,17)18/h9-12H,3-8H2,1-2H3. The maximum absolute atomic E-state index is 13.0. The Morgan fingerprint density at radius 1 is 1.16 bits per heavy atom. The average molecular weight is 273 g/mol. The van der Waals surface area contributed by atoms with Gasteiger partial charge in [-0.15, -0.1) is 0 Å². The first-order chi connectivity index (χ1) is 9.00. The van der Waals surface area contributed by atoms with E-state index in [1.165, 1.54) is 12.4 Å². The fourth-order valence-corrected chi connectivity index (χ4v) is 2.39. The number of hydrogen-bond donors (Lipinski definition) is 0. The van der Waals surface area contributed by atoms with Crippen LogP contribution in [0.3, 0.4) is 0 Å². The zero-order valence-corrected chi connectivity index (χ0v) is 11.6. The van der Waals surface area contributed by atoms with Gasteiger partial charge < -0.3 is 0 Å². The van der Waals surface area contributed by atoms with Crippen molar-refractivity contribution < 1.29 is 13.2 Å². The van der Waals surface area contributed by atoms with E-state index in [1.54, 1.807) is 0 Å². The van der Waals surface area contributed by atoms with Gasteiger partial charge in [0.15, 0.2) is 0 Å². The van der Waals surface area contributed by atoms with E-state index in [9.17, 15) is 13.2 Å². The van der Waals surface area contributed by atoms with E-state index in [0.717, 1.165) is 44.6 Å². The number of unbranched alkanes of at least 4 members (excludes halogenated alkanes) is 3. The molecule has 0 amide bonds. The van der Waals surface area contributed by atoms with Crippen LogP contribution in [0.15, 0.2) is 18.5 Å². The number of alkyl halides is 3. The highest BCUT2D eigenvalue weighted by molar-refractivity contribution is 5.29. The maximum Gasteiger partial charge on any atom is 0.416 e. The van der Waals surface area contributed by atoms with Gasteiger partial charge in [0.05, 0.1) is 5.56 Å². The predicted octanol–water partition coefficient (Wildman–Crippen LogP) is 5.56. The summed E-state index contributed by atoms with van der Waals surface area (Å²) in [6.07, 6.45) is 4.22. The number of nitrogens with zero attached hydrogens (tertiary/aromatic N) is 1. The molecule has 1 unspecified atom stereocenters. The average Bonchev–Trinajstić information content (AvgIpc) is 2.38. The minimum atomic E-state index is -4.28. The van der Waals surface area contributed by atoms with Crippen LogP contribution >= 0.6 is 0 Å². The van der Waals surface area contributed by atoms with Gasteiger partial charge in [0.2, 0.25) is 0 Å². The lowest BCUT2D eigenvalue weighted by Crippen LogP contribution is -2.12. The molecule has 1 atom stereocenters. The van der Waals surface area contributed by atoms with Crippen molar-refractivity contribution in [3.63, 3.8) is 0 Å². The Labute approximate surface area is 113 Å². The van der Waals surface area contributed by atoms with Gasteiger partial charge in [-0.05, 0) is 30.4 Å². The van der Waals surface area contributed by atoms with Crippen molar-refractivity contribution in [2.45, 2.75) is 64.5 Å². The highest BCUT2D eigenvalue weighted by atomic mass is 19.4. The van der Waals surface area contributed by atoms with E-state index >= 15 is 0 Å². The zero-order chi connectivity index (χ0) is 14.3. The molecular weight excluding hydrogens is 251 g/mol. The van der Waals surface area contributed by atoms with Crippen LogP contribution in [0, 0.1) is 0 Å². The van der Waals surface area contributed by atoms with Crippen molar-refractivity contribution in [3.8, 4) is 0 Å². The molecule has 4 heteroatoms. The van der Waals surface area contributed by atoms with Crippen LogP contribution in [0.25, 0.3) is 0 Å². The summed E-state index contributed by atoms with van der Waals surface area (Å²) in [5.41, 5.74) is -0.168. The highest BCUT2D eigenvalue weighted by Gasteiger charge is 2.34. The molecule has 1 heterocycles. The third kappa shape index (κ3) is 4.84.